The molecule has 1 fully saturated rings. The van der Waals surface area contributed by atoms with Gasteiger partial charge < -0.3 is 10.1 Å². The average Bonchev–Trinajstić information content (AvgIpc) is 2.33. The minimum absolute atomic E-state index is 0.321. The minimum Gasteiger partial charge on any atom is -0.380 e. The zero-order valence-corrected chi connectivity index (χ0v) is 12.7. The molecule has 0 unspecified atom stereocenters. The molecule has 1 N–H and O–H groups in total. The van der Waals surface area contributed by atoms with Crippen molar-refractivity contribution >= 4 is 0 Å². The lowest BCUT2D eigenvalue weighted by Crippen LogP contribution is -2.54. The van der Waals surface area contributed by atoms with Crippen molar-refractivity contribution < 1.29 is 4.74 Å². The largest absolute Gasteiger partial charge is 0.380 e. The summed E-state index contributed by atoms with van der Waals surface area (Å²) in [4.78, 5) is 5.13. The summed E-state index contributed by atoms with van der Waals surface area (Å²) in [7, 11) is 0. The Bertz CT molecular complexity index is 208. The van der Waals surface area contributed by atoms with E-state index in [-0.39, 0.29) is 0 Å². The lowest BCUT2D eigenvalue weighted by Gasteiger charge is -2.42. The predicted molar refractivity (Wildman–Crippen MR) is 77.1 cm³/mol. The Labute approximate surface area is 113 Å². The van der Waals surface area contributed by atoms with Crippen molar-refractivity contribution in [2.24, 2.45) is 0 Å². The van der Waals surface area contributed by atoms with Crippen molar-refractivity contribution in [2.45, 2.75) is 33.2 Å². The monoisotopic (exact) mass is 257 g/mol. The van der Waals surface area contributed by atoms with E-state index >= 15 is 0 Å². The first-order valence-corrected chi connectivity index (χ1v) is 7.30. The molecule has 0 amide bonds. The molecule has 1 rings (SSSR count). The van der Waals surface area contributed by atoms with E-state index in [1.54, 1.807) is 0 Å². The van der Waals surface area contributed by atoms with Gasteiger partial charge in [0.2, 0.25) is 0 Å². The van der Waals surface area contributed by atoms with Gasteiger partial charge in [-0.05, 0) is 27.7 Å². The van der Waals surface area contributed by atoms with E-state index in [1.807, 2.05) is 6.92 Å². The third kappa shape index (κ3) is 6.14. The van der Waals surface area contributed by atoms with Crippen LogP contribution in [0.15, 0.2) is 0 Å². The Morgan fingerprint density at radius 2 is 1.72 bits per heavy atom. The van der Waals surface area contributed by atoms with Crippen LogP contribution in [0, 0.1) is 0 Å². The lowest BCUT2D eigenvalue weighted by molar-refractivity contribution is 0.0624. The summed E-state index contributed by atoms with van der Waals surface area (Å²) >= 11 is 0. The molecule has 1 aliphatic rings. The molecule has 0 aromatic rings. The Hall–Kier alpha value is -0.160. The fourth-order valence-corrected chi connectivity index (χ4v) is 2.29. The van der Waals surface area contributed by atoms with Crippen molar-refractivity contribution in [2.75, 3.05) is 59.0 Å². The number of rotatable bonds is 7. The van der Waals surface area contributed by atoms with E-state index in [2.05, 4.69) is 35.9 Å². The van der Waals surface area contributed by atoms with Crippen molar-refractivity contribution in [3.63, 3.8) is 0 Å². The molecule has 108 valence electrons. The standard InChI is InChI=1S/C14H31N3O/c1-5-18-13-7-15-6-8-16-9-11-17(12-10-16)14(2,3)4/h15H,5-13H2,1-4H3. The number of hydrogen-bond acceptors (Lipinski definition) is 4. The lowest BCUT2D eigenvalue weighted by atomic mass is 10.1. The highest BCUT2D eigenvalue weighted by atomic mass is 16.5. The van der Waals surface area contributed by atoms with Crippen molar-refractivity contribution in [3.05, 3.63) is 0 Å². The molecular weight excluding hydrogens is 226 g/mol. The summed E-state index contributed by atoms with van der Waals surface area (Å²) in [5.74, 6) is 0. The summed E-state index contributed by atoms with van der Waals surface area (Å²) in [6.45, 7) is 18.6. The molecule has 0 radical (unpaired) electrons. The van der Waals surface area contributed by atoms with Crippen LogP contribution in [0.3, 0.4) is 0 Å². The van der Waals surface area contributed by atoms with Gasteiger partial charge in [-0.2, -0.15) is 0 Å². The summed E-state index contributed by atoms with van der Waals surface area (Å²) < 4.78 is 5.29. The highest BCUT2D eigenvalue weighted by Gasteiger charge is 2.25. The third-order valence-electron chi connectivity index (χ3n) is 3.55. The molecule has 0 atom stereocenters. The second-order valence-electron chi connectivity index (χ2n) is 5.95. The van der Waals surface area contributed by atoms with Gasteiger partial charge in [0.05, 0.1) is 6.61 Å². The van der Waals surface area contributed by atoms with Gasteiger partial charge in [0, 0.05) is 58.0 Å². The topological polar surface area (TPSA) is 27.7 Å². The second kappa shape index (κ2) is 8.10. The zero-order chi connectivity index (χ0) is 13.4. The summed E-state index contributed by atoms with van der Waals surface area (Å²) in [5.41, 5.74) is 0.321. The third-order valence-corrected chi connectivity index (χ3v) is 3.55. The smallest absolute Gasteiger partial charge is 0.0590 e. The number of piperazine rings is 1. The molecule has 0 aliphatic carbocycles. The Morgan fingerprint density at radius 3 is 2.28 bits per heavy atom. The fourth-order valence-electron chi connectivity index (χ4n) is 2.29. The average molecular weight is 257 g/mol. The number of nitrogens with zero attached hydrogens (tertiary/aromatic N) is 2. The Balaban J connectivity index is 2.02. The van der Waals surface area contributed by atoms with Gasteiger partial charge >= 0.3 is 0 Å². The van der Waals surface area contributed by atoms with Gasteiger partial charge in [-0.25, -0.2) is 0 Å². The van der Waals surface area contributed by atoms with E-state index in [4.69, 9.17) is 4.74 Å². The van der Waals surface area contributed by atoms with E-state index in [1.165, 1.54) is 26.2 Å². The van der Waals surface area contributed by atoms with Gasteiger partial charge in [0.25, 0.3) is 0 Å². The van der Waals surface area contributed by atoms with Gasteiger partial charge in [-0.3, -0.25) is 9.80 Å². The summed E-state index contributed by atoms with van der Waals surface area (Å²) in [6, 6.07) is 0. The zero-order valence-electron chi connectivity index (χ0n) is 12.7. The Morgan fingerprint density at radius 1 is 1.06 bits per heavy atom. The van der Waals surface area contributed by atoms with E-state index in [9.17, 15) is 0 Å². The van der Waals surface area contributed by atoms with Gasteiger partial charge in [-0.1, -0.05) is 0 Å². The first kappa shape index (κ1) is 15.9. The molecule has 0 aromatic carbocycles. The predicted octanol–water partition coefficient (Wildman–Crippen LogP) is 1.03. The molecule has 0 bridgehead atoms. The van der Waals surface area contributed by atoms with Crippen LogP contribution in [0.25, 0.3) is 0 Å². The maximum absolute atomic E-state index is 5.29. The van der Waals surface area contributed by atoms with Crippen molar-refractivity contribution in [1.82, 2.24) is 15.1 Å². The van der Waals surface area contributed by atoms with Crippen LogP contribution in [0.1, 0.15) is 27.7 Å². The van der Waals surface area contributed by atoms with Crippen LogP contribution >= 0.6 is 0 Å². The van der Waals surface area contributed by atoms with Crippen molar-refractivity contribution in [1.29, 1.82) is 0 Å². The quantitative estimate of drug-likeness (QED) is 0.690. The second-order valence-corrected chi connectivity index (χ2v) is 5.95. The fraction of sp³-hybridized carbons (Fsp3) is 1.00. The maximum atomic E-state index is 5.29. The van der Waals surface area contributed by atoms with Crippen LogP contribution < -0.4 is 5.32 Å². The first-order chi connectivity index (χ1) is 8.54. The molecule has 1 heterocycles. The van der Waals surface area contributed by atoms with Crippen LogP contribution in [0.5, 0.6) is 0 Å². The SMILES string of the molecule is CCOCCNCCN1CCN(C(C)(C)C)CC1. The van der Waals surface area contributed by atoms with Gasteiger partial charge in [0.15, 0.2) is 0 Å². The highest BCUT2D eigenvalue weighted by Crippen LogP contribution is 2.15. The number of nitrogens with one attached hydrogen (secondary N) is 1. The normalized spacial score (nSPS) is 19.3. The molecule has 4 heteroatoms. The van der Waals surface area contributed by atoms with E-state index < -0.39 is 0 Å². The molecule has 4 nitrogen and oxygen atoms in total. The van der Waals surface area contributed by atoms with Gasteiger partial charge in [0.1, 0.15) is 0 Å². The van der Waals surface area contributed by atoms with E-state index in [0.29, 0.717) is 5.54 Å². The van der Waals surface area contributed by atoms with Crippen LogP contribution in [0.4, 0.5) is 0 Å². The number of ether oxygens (including phenoxy) is 1. The molecule has 0 saturated carbocycles. The molecular formula is C14H31N3O. The first-order valence-electron chi connectivity index (χ1n) is 7.30. The van der Waals surface area contributed by atoms with Crippen LogP contribution in [-0.4, -0.2) is 74.4 Å². The van der Waals surface area contributed by atoms with Gasteiger partial charge in [-0.15, -0.1) is 0 Å². The minimum atomic E-state index is 0.321. The summed E-state index contributed by atoms with van der Waals surface area (Å²) in [6.07, 6.45) is 0. The molecule has 1 saturated heterocycles. The molecule has 0 aromatic heterocycles. The van der Waals surface area contributed by atoms with Crippen molar-refractivity contribution in [3.8, 4) is 0 Å². The summed E-state index contributed by atoms with van der Waals surface area (Å²) in [5, 5.41) is 3.43. The highest BCUT2D eigenvalue weighted by molar-refractivity contribution is 4.81. The molecule has 1 aliphatic heterocycles. The van der Waals surface area contributed by atoms with Crippen LogP contribution in [0.2, 0.25) is 0 Å². The molecule has 0 spiro atoms. The van der Waals surface area contributed by atoms with E-state index in [0.717, 1.165) is 32.8 Å². The number of hydrogen-bond donors (Lipinski definition) is 1. The molecule has 18 heavy (non-hydrogen) atoms. The Kier molecular flexibility index (Phi) is 7.15. The maximum Gasteiger partial charge on any atom is 0.0590 e. The van der Waals surface area contributed by atoms with Crippen LogP contribution in [-0.2, 0) is 4.74 Å².